The van der Waals surface area contributed by atoms with Crippen molar-refractivity contribution in [1.29, 1.82) is 0 Å². The summed E-state index contributed by atoms with van der Waals surface area (Å²) >= 11 is 0. The van der Waals surface area contributed by atoms with Gasteiger partial charge in [-0.05, 0) is 44.2 Å². The van der Waals surface area contributed by atoms with Gasteiger partial charge in [0.2, 0.25) is 11.6 Å². The number of nitrogens with one attached hydrogen (secondary N) is 2. The normalized spacial score (nSPS) is 39.3. The molecule has 0 aromatic carbocycles. The van der Waals surface area contributed by atoms with Crippen LogP contribution in [0.3, 0.4) is 0 Å². The highest BCUT2D eigenvalue weighted by Crippen LogP contribution is 2.43. The van der Waals surface area contributed by atoms with Crippen molar-refractivity contribution >= 4 is 11.6 Å². The Labute approximate surface area is 231 Å². The molecule has 8 nitrogen and oxygen atoms in total. The Morgan fingerprint density at radius 3 is 1.68 bits per heavy atom. The van der Waals surface area contributed by atoms with Gasteiger partial charge in [0.05, 0.1) is 18.3 Å². The van der Waals surface area contributed by atoms with Crippen LogP contribution in [0.25, 0.3) is 0 Å². The van der Waals surface area contributed by atoms with Crippen molar-refractivity contribution in [3.05, 3.63) is 0 Å². The van der Waals surface area contributed by atoms with Crippen LogP contribution < -0.4 is 10.6 Å². The van der Waals surface area contributed by atoms with Crippen LogP contribution in [-0.2, 0) is 28.5 Å². The average molecular weight is 541 g/mol. The maximum absolute atomic E-state index is 13.4. The van der Waals surface area contributed by atoms with Crippen molar-refractivity contribution in [2.75, 3.05) is 21.2 Å². The second-order valence-corrected chi connectivity index (χ2v) is 12.1. The summed E-state index contributed by atoms with van der Waals surface area (Å²) in [5, 5.41) is 6.87. The molecule has 0 amide bonds. The molecule has 222 valence electrons. The van der Waals surface area contributed by atoms with Crippen LogP contribution >= 0.6 is 0 Å². The molecule has 2 fully saturated rings. The van der Waals surface area contributed by atoms with Gasteiger partial charge in [-0.25, -0.2) is 0 Å². The summed E-state index contributed by atoms with van der Waals surface area (Å²) in [4.78, 5) is 26.0. The standard InChI is InChI=1S/C30H56N2O6/c1-13-17(3)20(6)27-25(31-10)19(5)16-30(38-27,23(9)34)36-24(14-2)21(7)28-26(32-11)18(4)15-29(35-12,37-28)22(8)33/h17-21,24-28,31-32H,13-16H2,1-12H3. The minimum atomic E-state index is -1.33. The van der Waals surface area contributed by atoms with Gasteiger partial charge in [-0.3, -0.25) is 9.59 Å². The summed E-state index contributed by atoms with van der Waals surface area (Å²) in [5.41, 5.74) is 0. The highest BCUT2D eigenvalue weighted by molar-refractivity contribution is 5.84. The minimum Gasteiger partial charge on any atom is -0.347 e. The molecule has 38 heavy (non-hydrogen) atoms. The van der Waals surface area contributed by atoms with Crippen LogP contribution in [0.5, 0.6) is 0 Å². The number of hydrogen-bond acceptors (Lipinski definition) is 8. The molecule has 0 saturated carbocycles. The van der Waals surface area contributed by atoms with Crippen molar-refractivity contribution < 1.29 is 28.5 Å². The summed E-state index contributed by atoms with van der Waals surface area (Å²) < 4.78 is 25.8. The Hall–Kier alpha value is -0.900. The molecule has 12 unspecified atom stereocenters. The zero-order valence-corrected chi connectivity index (χ0v) is 26.1. The summed E-state index contributed by atoms with van der Waals surface area (Å²) in [6.45, 7) is 18.2. The maximum Gasteiger partial charge on any atom is 0.229 e. The first-order chi connectivity index (χ1) is 17.8. The van der Waals surface area contributed by atoms with Crippen LogP contribution in [0, 0.1) is 29.6 Å². The second kappa shape index (κ2) is 13.6. The molecule has 8 heteroatoms. The van der Waals surface area contributed by atoms with Gasteiger partial charge in [-0.1, -0.05) is 54.9 Å². The molecule has 2 rings (SSSR count). The van der Waals surface area contributed by atoms with E-state index in [-0.39, 0.29) is 65.6 Å². The van der Waals surface area contributed by atoms with Crippen LogP contribution in [0.15, 0.2) is 0 Å². The van der Waals surface area contributed by atoms with Gasteiger partial charge >= 0.3 is 0 Å². The van der Waals surface area contributed by atoms with Crippen LogP contribution in [0.2, 0.25) is 0 Å². The van der Waals surface area contributed by atoms with E-state index in [0.717, 1.165) is 6.42 Å². The summed E-state index contributed by atoms with van der Waals surface area (Å²) in [7, 11) is 5.42. The Balaban J connectivity index is 2.44. The van der Waals surface area contributed by atoms with Gasteiger partial charge in [0, 0.05) is 51.8 Å². The van der Waals surface area contributed by atoms with Crippen LogP contribution in [0.4, 0.5) is 0 Å². The van der Waals surface area contributed by atoms with Gasteiger partial charge < -0.3 is 29.6 Å². The van der Waals surface area contributed by atoms with E-state index in [9.17, 15) is 9.59 Å². The largest absolute Gasteiger partial charge is 0.347 e. The lowest BCUT2D eigenvalue weighted by atomic mass is 9.76. The Morgan fingerprint density at radius 1 is 0.842 bits per heavy atom. The molecular formula is C30H56N2O6. The van der Waals surface area contributed by atoms with Crippen molar-refractivity contribution in [3.8, 4) is 0 Å². The number of rotatable bonds is 13. The predicted molar refractivity (Wildman–Crippen MR) is 150 cm³/mol. The Bertz CT molecular complexity index is 795. The van der Waals surface area contributed by atoms with Crippen LogP contribution in [0.1, 0.15) is 88.0 Å². The molecule has 2 aliphatic heterocycles. The lowest BCUT2D eigenvalue weighted by Gasteiger charge is -2.52. The van der Waals surface area contributed by atoms with E-state index >= 15 is 0 Å². The number of ketones is 2. The first kappa shape index (κ1) is 33.3. The summed E-state index contributed by atoms with van der Waals surface area (Å²) in [6, 6.07) is 0.123. The van der Waals surface area contributed by atoms with Crippen molar-refractivity contribution in [2.45, 2.75) is 130 Å². The van der Waals surface area contributed by atoms with Crippen molar-refractivity contribution in [3.63, 3.8) is 0 Å². The third-order valence-electron chi connectivity index (χ3n) is 9.75. The first-order valence-electron chi connectivity index (χ1n) is 14.7. The smallest absolute Gasteiger partial charge is 0.229 e. The lowest BCUT2D eigenvalue weighted by Crippen LogP contribution is -2.64. The third kappa shape index (κ3) is 6.52. The van der Waals surface area contributed by atoms with Gasteiger partial charge in [0.25, 0.3) is 0 Å². The molecule has 0 bridgehead atoms. The van der Waals surface area contributed by atoms with E-state index in [1.54, 1.807) is 6.92 Å². The van der Waals surface area contributed by atoms with Gasteiger partial charge in [-0.2, -0.15) is 0 Å². The maximum atomic E-state index is 13.4. The molecule has 0 radical (unpaired) electrons. The molecule has 12 atom stereocenters. The Morgan fingerprint density at radius 2 is 1.29 bits per heavy atom. The first-order valence-corrected chi connectivity index (χ1v) is 14.7. The highest BCUT2D eigenvalue weighted by atomic mass is 16.7. The fraction of sp³-hybridized carbons (Fsp3) is 0.933. The Kier molecular flexibility index (Phi) is 12.0. The van der Waals surface area contributed by atoms with Gasteiger partial charge in [0.15, 0.2) is 11.6 Å². The molecule has 0 aromatic heterocycles. The molecule has 2 N–H and O–H groups in total. The summed E-state index contributed by atoms with van der Waals surface area (Å²) in [5.74, 6) is -2.01. The van der Waals surface area contributed by atoms with Crippen molar-refractivity contribution in [1.82, 2.24) is 10.6 Å². The van der Waals surface area contributed by atoms with Crippen molar-refractivity contribution in [2.24, 2.45) is 29.6 Å². The fourth-order valence-electron chi connectivity index (χ4n) is 6.80. The minimum absolute atomic E-state index is 0.00315. The number of hydrogen-bond donors (Lipinski definition) is 2. The highest BCUT2D eigenvalue weighted by Gasteiger charge is 2.55. The number of ether oxygens (including phenoxy) is 4. The zero-order valence-electron chi connectivity index (χ0n) is 26.1. The quantitative estimate of drug-likeness (QED) is 0.356. The topological polar surface area (TPSA) is 95.1 Å². The second-order valence-electron chi connectivity index (χ2n) is 12.1. The fourth-order valence-corrected chi connectivity index (χ4v) is 6.80. The number of carbonyl (C=O) groups is 2. The predicted octanol–water partition coefficient (Wildman–Crippen LogP) is 4.34. The van der Waals surface area contributed by atoms with Gasteiger partial charge in [0.1, 0.15) is 0 Å². The SMILES string of the molecule is CCC(C)C(C)C1OC(OC(CC)C(C)C2OC(OC)(C(C)=O)CC(C)C2NC)(C(C)=O)CC(C)C1NC. The van der Waals surface area contributed by atoms with Crippen LogP contribution in [-0.4, -0.2) is 74.7 Å². The monoisotopic (exact) mass is 540 g/mol. The lowest BCUT2D eigenvalue weighted by molar-refractivity contribution is -0.318. The number of likely N-dealkylation sites (N-methyl/N-ethyl adjacent to an activating group) is 2. The number of Topliss-reactive ketones (excluding diaryl/α,β-unsaturated/α-hetero) is 2. The molecule has 2 saturated heterocycles. The molecule has 0 aromatic rings. The molecule has 0 aliphatic carbocycles. The van der Waals surface area contributed by atoms with E-state index in [2.05, 4.69) is 59.1 Å². The zero-order chi connectivity index (χ0) is 29.0. The molecule has 2 heterocycles. The number of methoxy groups -OCH3 is 1. The average Bonchev–Trinajstić information content (AvgIpc) is 2.89. The summed E-state index contributed by atoms with van der Waals surface area (Å²) in [6.07, 6.45) is 1.81. The van der Waals surface area contributed by atoms with E-state index in [1.165, 1.54) is 14.0 Å². The van der Waals surface area contributed by atoms with E-state index in [1.807, 2.05) is 14.1 Å². The third-order valence-corrected chi connectivity index (χ3v) is 9.75. The molecule has 2 aliphatic rings. The van der Waals surface area contributed by atoms with Gasteiger partial charge in [-0.15, -0.1) is 0 Å². The van der Waals surface area contributed by atoms with E-state index < -0.39 is 11.6 Å². The molecular weight excluding hydrogens is 484 g/mol. The van der Waals surface area contributed by atoms with E-state index in [0.29, 0.717) is 25.2 Å². The molecule has 0 spiro atoms. The number of carbonyl (C=O) groups excluding carboxylic acids is 2. The van der Waals surface area contributed by atoms with E-state index in [4.69, 9.17) is 18.9 Å².